The van der Waals surface area contributed by atoms with Gasteiger partial charge in [-0.05, 0) is 81.9 Å². The van der Waals surface area contributed by atoms with Crippen molar-refractivity contribution in [2.75, 3.05) is 39.3 Å². The van der Waals surface area contributed by atoms with Gasteiger partial charge in [-0.2, -0.15) is 4.31 Å². The molecule has 1 amide bonds. The van der Waals surface area contributed by atoms with Gasteiger partial charge >= 0.3 is 0 Å². The van der Waals surface area contributed by atoms with Crippen molar-refractivity contribution in [3.63, 3.8) is 0 Å². The number of hydrogen-bond acceptors (Lipinski definition) is 4. The highest BCUT2D eigenvalue weighted by molar-refractivity contribution is 7.89. The lowest BCUT2D eigenvalue weighted by atomic mass is 9.98. The van der Waals surface area contributed by atoms with Crippen molar-refractivity contribution < 1.29 is 17.6 Å². The highest BCUT2D eigenvalue weighted by atomic mass is 32.2. The summed E-state index contributed by atoms with van der Waals surface area (Å²) in [5, 5.41) is 2.98. The molecule has 162 valence electrons. The molecule has 1 N–H and O–H groups in total. The first-order chi connectivity index (χ1) is 13.9. The van der Waals surface area contributed by atoms with E-state index in [-0.39, 0.29) is 23.3 Å². The average Bonchev–Trinajstić information content (AvgIpc) is 2.73. The molecule has 0 aromatic heterocycles. The van der Waals surface area contributed by atoms with E-state index in [1.165, 1.54) is 29.3 Å². The normalized spacial score (nSPS) is 22.5. The molecule has 6 nitrogen and oxygen atoms in total. The van der Waals surface area contributed by atoms with Crippen LogP contribution in [0.3, 0.4) is 0 Å². The van der Waals surface area contributed by atoms with Crippen LogP contribution in [0.25, 0.3) is 0 Å². The van der Waals surface area contributed by atoms with E-state index < -0.39 is 15.8 Å². The Kier molecular flexibility index (Phi) is 7.65. The van der Waals surface area contributed by atoms with Gasteiger partial charge in [0.1, 0.15) is 5.82 Å². The first-order valence-electron chi connectivity index (χ1n) is 10.6. The second kappa shape index (κ2) is 10.00. The molecular weight excluding hydrogens is 393 g/mol. The van der Waals surface area contributed by atoms with E-state index in [1.54, 1.807) is 0 Å². The van der Waals surface area contributed by atoms with Crippen molar-refractivity contribution >= 4 is 15.9 Å². The molecule has 29 heavy (non-hydrogen) atoms. The number of amides is 1. The van der Waals surface area contributed by atoms with E-state index in [1.807, 2.05) is 0 Å². The fourth-order valence-corrected chi connectivity index (χ4v) is 5.60. The monoisotopic (exact) mass is 425 g/mol. The number of likely N-dealkylation sites (tertiary alicyclic amines) is 1. The Bertz CT molecular complexity index is 777. The Morgan fingerprint density at radius 2 is 1.83 bits per heavy atom. The summed E-state index contributed by atoms with van der Waals surface area (Å²) in [7, 11) is -3.71. The van der Waals surface area contributed by atoms with Crippen molar-refractivity contribution in [2.24, 2.45) is 11.8 Å². The summed E-state index contributed by atoms with van der Waals surface area (Å²) in [6.07, 6.45) is 4.72. The van der Waals surface area contributed by atoms with Crippen LogP contribution in [-0.4, -0.2) is 62.8 Å². The number of sulfonamides is 1. The van der Waals surface area contributed by atoms with Crippen LogP contribution in [0.1, 0.15) is 39.0 Å². The van der Waals surface area contributed by atoms with Gasteiger partial charge in [0.15, 0.2) is 0 Å². The summed E-state index contributed by atoms with van der Waals surface area (Å²) in [4.78, 5) is 15.1. The third-order valence-electron chi connectivity index (χ3n) is 6.03. The smallest absolute Gasteiger partial charge is 0.243 e. The number of hydrogen-bond donors (Lipinski definition) is 1. The van der Waals surface area contributed by atoms with Crippen molar-refractivity contribution in [3.8, 4) is 0 Å². The molecule has 8 heteroatoms. The standard InChI is InChI=1S/C21H32FN3O3S/c1-17-9-14-24(15-10-17)12-3-11-23-21(26)18-4-2-13-25(16-18)29(27,28)20-7-5-19(22)6-8-20/h5-8,17-18H,2-4,9-16H2,1H3,(H,23,26)/t18-/m0/s1. The number of benzene rings is 1. The number of rotatable bonds is 7. The molecule has 0 saturated carbocycles. The number of carbonyl (C=O) groups excluding carboxylic acids is 1. The molecule has 2 aliphatic rings. The topological polar surface area (TPSA) is 69.7 Å². The lowest BCUT2D eigenvalue weighted by Crippen LogP contribution is -2.45. The van der Waals surface area contributed by atoms with Crippen LogP contribution >= 0.6 is 0 Å². The molecule has 2 heterocycles. The molecule has 0 bridgehead atoms. The summed E-state index contributed by atoms with van der Waals surface area (Å²) in [5.41, 5.74) is 0. The van der Waals surface area contributed by atoms with Crippen LogP contribution in [0.5, 0.6) is 0 Å². The first kappa shape index (κ1) is 22.2. The van der Waals surface area contributed by atoms with Gasteiger partial charge in [-0.1, -0.05) is 6.92 Å². The lowest BCUT2D eigenvalue weighted by molar-refractivity contribution is -0.126. The Labute approximate surface area is 173 Å². The zero-order chi connectivity index (χ0) is 20.9. The molecular formula is C21H32FN3O3S. The number of nitrogens with one attached hydrogen (secondary N) is 1. The number of piperidine rings is 2. The van der Waals surface area contributed by atoms with E-state index in [4.69, 9.17) is 0 Å². The van der Waals surface area contributed by atoms with Crippen molar-refractivity contribution in [2.45, 2.75) is 43.9 Å². The van der Waals surface area contributed by atoms with Crippen LogP contribution in [0.2, 0.25) is 0 Å². The van der Waals surface area contributed by atoms with Crippen LogP contribution in [0.4, 0.5) is 4.39 Å². The molecule has 1 atom stereocenters. The predicted molar refractivity (Wildman–Crippen MR) is 110 cm³/mol. The molecule has 2 saturated heterocycles. The maximum Gasteiger partial charge on any atom is 0.243 e. The van der Waals surface area contributed by atoms with Crippen LogP contribution in [-0.2, 0) is 14.8 Å². The van der Waals surface area contributed by atoms with Gasteiger partial charge in [0.25, 0.3) is 0 Å². The summed E-state index contributed by atoms with van der Waals surface area (Å²) >= 11 is 0. The zero-order valence-corrected chi connectivity index (χ0v) is 18.0. The van der Waals surface area contributed by atoms with Gasteiger partial charge in [0, 0.05) is 19.6 Å². The molecule has 0 spiro atoms. The fourth-order valence-electron chi connectivity index (χ4n) is 4.07. The van der Waals surface area contributed by atoms with E-state index >= 15 is 0 Å². The number of carbonyl (C=O) groups is 1. The maximum atomic E-state index is 13.1. The third-order valence-corrected chi connectivity index (χ3v) is 7.91. The molecule has 3 rings (SSSR count). The highest BCUT2D eigenvalue weighted by Gasteiger charge is 2.33. The average molecular weight is 426 g/mol. The summed E-state index contributed by atoms with van der Waals surface area (Å²) < 4.78 is 40.0. The number of halogens is 1. The van der Waals surface area contributed by atoms with Gasteiger partial charge in [-0.15, -0.1) is 0 Å². The minimum absolute atomic E-state index is 0.0656. The van der Waals surface area contributed by atoms with E-state index in [0.717, 1.165) is 44.1 Å². The molecule has 1 aromatic carbocycles. The third kappa shape index (κ3) is 5.99. The van der Waals surface area contributed by atoms with Crippen molar-refractivity contribution in [3.05, 3.63) is 30.1 Å². The first-order valence-corrected chi connectivity index (χ1v) is 12.1. The summed E-state index contributed by atoms with van der Waals surface area (Å²) in [5.74, 6) is -0.0728. The second-order valence-electron chi connectivity index (χ2n) is 8.32. The van der Waals surface area contributed by atoms with Crippen molar-refractivity contribution in [1.82, 2.24) is 14.5 Å². The molecule has 0 unspecified atom stereocenters. The minimum atomic E-state index is -3.71. The Balaban J connectivity index is 1.46. The summed E-state index contributed by atoms with van der Waals surface area (Å²) in [6, 6.07) is 4.83. The molecule has 0 radical (unpaired) electrons. The largest absolute Gasteiger partial charge is 0.356 e. The second-order valence-corrected chi connectivity index (χ2v) is 10.3. The Morgan fingerprint density at radius 3 is 2.52 bits per heavy atom. The summed E-state index contributed by atoms with van der Waals surface area (Å²) in [6.45, 7) is 6.73. The van der Waals surface area contributed by atoms with Gasteiger partial charge in [-0.3, -0.25) is 4.79 Å². The SMILES string of the molecule is CC1CCN(CCCNC(=O)[C@H]2CCCN(S(=O)(=O)c3ccc(F)cc3)C2)CC1. The van der Waals surface area contributed by atoms with E-state index in [9.17, 15) is 17.6 Å². The molecule has 0 aliphatic carbocycles. The number of nitrogens with zero attached hydrogens (tertiary/aromatic N) is 2. The van der Waals surface area contributed by atoms with Gasteiger partial charge in [0.2, 0.25) is 15.9 Å². The maximum absolute atomic E-state index is 13.1. The van der Waals surface area contributed by atoms with E-state index in [0.29, 0.717) is 25.9 Å². The van der Waals surface area contributed by atoms with Crippen LogP contribution in [0, 0.1) is 17.7 Å². The van der Waals surface area contributed by atoms with Crippen LogP contribution < -0.4 is 5.32 Å². The van der Waals surface area contributed by atoms with Gasteiger partial charge in [-0.25, -0.2) is 12.8 Å². The molecule has 2 aliphatic heterocycles. The van der Waals surface area contributed by atoms with Crippen molar-refractivity contribution in [1.29, 1.82) is 0 Å². The highest BCUT2D eigenvalue weighted by Crippen LogP contribution is 2.24. The van der Waals surface area contributed by atoms with Gasteiger partial charge < -0.3 is 10.2 Å². The zero-order valence-electron chi connectivity index (χ0n) is 17.1. The Morgan fingerprint density at radius 1 is 1.14 bits per heavy atom. The quantitative estimate of drug-likeness (QED) is 0.682. The lowest BCUT2D eigenvalue weighted by Gasteiger charge is -2.31. The van der Waals surface area contributed by atoms with Crippen LogP contribution in [0.15, 0.2) is 29.2 Å². The molecule has 1 aromatic rings. The Hall–Kier alpha value is -1.51. The minimum Gasteiger partial charge on any atom is -0.356 e. The fraction of sp³-hybridized carbons (Fsp3) is 0.667. The van der Waals surface area contributed by atoms with Gasteiger partial charge in [0.05, 0.1) is 10.8 Å². The van der Waals surface area contributed by atoms with E-state index in [2.05, 4.69) is 17.1 Å². The molecule has 2 fully saturated rings. The predicted octanol–water partition coefficient (Wildman–Crippen LogP) is 2.46.